The predicted octanol–water partition coefficient (Wildman–Crippen LogP) is 6.41. The van der Waals surface area contributed by atoms with E-state index in [0.717, 1.165) is 21.2 Å². The van der Waals surface area contributed by atoms with Crippen LogP contribution in [0.15, 0.2) is 77.5 Å². The van der Waals surface area contributed by atoms with Gasteiger partial charge >= 0.3 is 0 Å². The van der Waals surface area contributed by atoms with E-state index >= 15 is 0 Å². The monoisotopic (exact) mass is 427 g/mol. The van der Waals surface area contributed by atoms with Crippen LogP contribution in [0, 0.1) is 0 Å². The van der Waals surface area contributed by atoms with E-state index in [1.54, 1.807) is 23.4 Å². The van der Waals surface area contributed by atoms with Crippen LogP contribution in [0.1, 0.15) is 41.4 Å². The summed E-state index contributed by atoms with van der Waals surface area (Å²) in [5, 5.41) is 1.55. The molecule has 0 aliphatic rings. The zero-order valence-corrected chi connectivity index (χ0v) is 18.1. The van der Waals surface area contributed by atoms with Gasteiger partial charge in [0.1, 0.15) is 5.58 Å². The van der Waals surface area contributed by atoms with E-state index < -0.39 is 0 Å². The number of fused-ring (bicyclic) bond motifs is 2. The molecule has 5 rings (SSSR count). The van der Waals surface area contributed by atoms with Crippen molar-refractivity contribution in [1.82, 2.24) is 9.97 Å². The zero-order valence-electron chi connectivity index (χ0n) is 17.3. The Hall–Kier alpha value is -3.51. The van der Waals surface area contributed by atoms with Crippen LogP contribution in [-0.2, 0) is 6.54 Å². The van der Waals surface area contributed by atoms with Crippen LogP contribution >= 0.6 is 11.3 Å². The molecule has 1 amide bonds. The summed E-state index contributed by atoms with van der Waals surface area (Å²) in [6, 6.07) is 19.5. The number of hydrogen-bond donors (Lipinski definition) is 0. The van der Waals surface area contributed by atoms with Gasteiger partial charge in [0.25, 0.3) is 5.91 Å². The van der Waals surface area contributed by atoms with Gasteiger partial charge in [-0.25, -0.2) is 4.98 Å². The average Bonchev–Trinajstić information content (AvgIpc) is 3.41. The van der Waals surface area contributed by atoms with Crippen molar-refractivity contribution in [2.24, 2.45) is 0 Å². The number of para-hydroxylation sites is 2. The number of pyridine rings is 1. The molecule has 2 aromatic carbocycles. The van der Waals surface area contributed by atoms with Crippen molar-refractivity contribution in [3.8, 4) is 0 Å². The minimum Gasteiger partial charge on any atom is -0.451 e. The summed E-state index contributed by atoms with van der Waals surface area (Å²) in [5.74, 6) is 0.426. The van der Waals surface area contributed by atoms with E-state index in [-0.39, 0.29) is 5.91 Å². The smallest absolute Gasteiger partial charge is 0.296 e. The van der Waals surface area contributed by atoms with Gasteiger partial charge in [-0.3, -0.25) is 14.7 Å². The summed E-state index contributed by atoms with van der Waals surface area (Å²) in [7, 11) is 0. The fourth-order valence-corrected chi connectivity index (χ4v) is 4.66. The van der Waals surface area contributed by atoms with Gasteiger partial charge in [-0.1, -0.05) is 61.6 Å². The molecule has 0 spiro atoms. The molecule has 0 unspecified atom stereocenters. The lowest BCUT2D eigenvalue weighted by Gasteiger charge is -2.18. The fraction of sp³-hybridized carbons (Fsp3) is 0.160. The van der Waals surface area contributed by atoms with Gasteiger partial charge in [0.05, 0.1) is 16.8 Å². The SMILES string of the molecule is CC(C)c1cccc2sc(N(Cc3cccnc3)C(=O)c3cc4ccccc4o3)nc12. The maximum Gasteiger partial charge on any atom is 0.296 e. The third-order valence-corrected chi connectivity index (χ3v) is 6.28. The zero-order chi connectivity index (χ0) is 21.4. The molecule has 0 aliphatic heterocycles. The van der Waals surface area contributed by atoms with Crippen LogP contribution in [0.25, 0.3) is 21.2 Å². The van der Waals surface area contributed by atoms with Crippen molar-refractivity contribution in [1.29, 1.82) is 0 Å². The van der Waals surface area contributed by atoms with E-state index in [4.69, 9.17) is 9.40 Å². The Morgan fingerprint density at radius 2 is 1.97 bits per heavy atom. The number of nitrogens with zero attached hydrogens (tertiary/aromatic N) is 3. The van der Waals surface area contributed by atoms with Gasteiger partial charge in [0.15, 0.2) is 10.9 Å². The van der Waals surface area contributed by atoms with Crippen molar-refractivity contribution in [2.45, 2.75) is 26.3 Å². The van der Waals surface area contributed by atoms with Crippen molar-refractivity contribution in [2.75, 3.05) is 4.90 Å². The molecular weight excluding hydrogens is 406 g/mol. The summed E-state index contributed by atoms with van der Waals surface area (Å²) < 4.78 is 6.94. The first-order valence-electron chi connectivity index (χ1n) is 10.2. The number of furan rings is 1. The Bertz CT molecular complexity index is 1340. The minimum absolute atomic E-state index is 0.217. The number of hydrogen-bond acceptors (Lipinski definition) is 5. The molecule has 6 heteroatoms. The van der Waals surface area contributed by atoms with Gasteiger partial charge < -0.3 is 4.42 Å². The molecule has 154 valence electrons. The lowest BCUT2D eigenvalue weighted by molar-refractivity contribution is 0.0960. The minimum atomic E-state index is -0.217. The number of benzene rings is 2. The van der Waals surface area contributed by atoms with Crippen LogP contribution in [0.4, 0.5) is 5.13 Å². The highest BCUT2D eigenvalue weighted by Gasteiger charge is 2.25. The quantitative estimate of drug-likeness (QED) is 0.325. The van der Waals surface area contributed by atoms with E-state index in [0.29, 0.717) is 28.9 Å². The van der Waals surface area contributed by atoms with Gasteiger partial charge in [-0.2, -0.15) is 0 Å². The van der Waals surface area contributed by atoms with Gasteiger partial charge in [0, 0.05) is 17.8 Å². The second kappa shape index (κ2) is 7.96. The first kappa shape index (κ1) is 19.5. The first-order valence-corrected chi connectivity index (χ1v) is 11.0. The number of carbonyl (C=O) groups excluding carboxylic acids is 1. The van der Waals surface area contributed by atoms with Crippen molar-refractivity contribution >= 4 is 43.6 Å². The highest BCUT2D eigenvalue weighted by molar-refractivity contribution is 7.22. The van der Waals surface area contributed by atoms with Crippen LogP contribution in [0.5, 0.6) is 0 Å². The Morgan fingerprint density at radius 1 is 1.10 bits per heavy atom. The van der Waals surface area contributed by atoms with Crippen molar-refractivity contribution < 1.29 is 9.21 Å². The molecule has 5 aromatic rings. The summed E-state index contributed by atoms with van der Waals surface area (Å²) in [6.07, 6.45) is 3.49. The second-order valence-electron chi connectivity index (χ2n) is 7.75. The number of aromatic nitrogens is 2. The normalized spacial score (nSPS) is 11.5. The highest BCUT2D eigenvalue weighted by atomic mass is 32.1. The molecule has 31 heavy (non-hydrogen) atoms. The Morgan fingerprint density at radius 3 is 2.74 bits per heavy atom. The molecule has 0 bridgehead atoms. The van der Waals surface area contributed by atoms with Gasteiger partial charge in [0.2, 0.25) is 0 Å². The number of carbonyl (C=O) groups is 1. The Balaban J connectivity index is 1.61. The van der Waals surface area contributed by atoms with Gasteiger partial charge in [-0.15, -0.1) is 0 Å². The molecular formula is C25H21N3O2S. The van der Waals surface area contributed by atoms with Gasteiger partial charge in [-0.05, 0) is 41.3 Å². The molecule has 0 fully saturated rings. The first-order chi connectivity index (χ1) is 15.1. The van der Waals surface area contributed by atoms with E-state index in [9.17, 15) is 4.79 Å². The number of amides is 1. The fourth-order valence-electron chi connectivity index (χ4n) is 3.66. The third-order valence-electron chi connectivity index (χ3n) is 5.24. The molecule has 5 nitrogen and oxygen atoms in total. The molecule has 0 N–H and O–H groups in total. The highest BCUT2D eigenvalue weighted by Crippen LogP contribution is 2.35. The van der Waals surface area contributed by atoms with Crippen molar-refractivity contribution in [3.05, 3.63) is 89.9 Å². The molecule has 0 radical (unpaired) electrons. The largest absolute Gasteiger partial charge is 0.451 e. The number of rotatable bonds is 5. The lowest BCUT2D eigenvalue weighted by atomic mass is 10.0. The average molecular weight is 428 g/mol. The summed E-state index contributed by atoms with van der Waals surface area (Å²) in [5.41, 5.74) is 3.75. The predicted molar refractivity (Wildman–Crippen MR) is 125 cm³/mol. The second-order valence-corrected chi connectivity index (χ2v) is 8.76. The maximum absolute atomic E-state index is 13.6. The number of thiazole rings is 1. The standard InChI is InChI=1S/C25H21N3O2S/c1-16(2)19-9-5-11-22-23(19)27-25(31-22)28(15-17-7-6-12-26-14-17)24(29)21-13-18-8-3-4-10-20(18)30-21/h3-14,16H,15H2,1-2H3. The van der Waals surface area contributed by atoms with Crippen LogP contribution in [-0.4, -0.2) is 15.9 Å². The van der Waals surface area contributed by atoms with E-state index in [1.165, 1.54) is 16.9 Å². The van der Waals surface area contributed by atoms with Crippen LogP contribution in [0.3, 0.4) is 0 Å². The summed E-state index contributed by atoms with van der Waals surface area (Å²) >= 11 is 1.52. The van der Waals surface area contributed by atoms with Crippen LogP contribution < -0.4 is 4.90 Å². The molecule has 3 heterocycles. The van der Waals surface area contributed by atoms with E-state index in [2.05, 4.69) is 31.0 Å². The Kier molecular flexibility index (Phi) is 5.00. The third kappa shape index (κ3) is 3.70. The molecule has 0 saturated carbocycles. The molecule has 0 saturated heterocycles. The van der Waals surface area contributed by atoms with Crippen molar-refractivity contribution in [3.63, 3.8) is 0 Å². The summed E-state index contributed by atoms with van der Waals surface area (Å²) in [4.78, 5) is 24.4. The Labute approximate surface area is 184 Å². The lowest BCUT2D eigenvalue weighted by Crippen LogP contribution is -2.30. The topological polar surface area (TPSA) is 59.2 Å². The molecule has 0 aliphatic carbocycles. The molecule has 0 atom stereocenters. The number of anilines is 1. The van der Waals surface area contributed by atoms with E-state index in [1.807, 2.05) is 42.5 Å². The summed E-state index contributed by atoms with van der Waals surface area (Å²) in [6.45, 7) is 4.67. The van der Waals surface area contributed by atoms with Crippen LogP contribution in [0.2, 0.25) is 0 Å². The molecule has 3 aromatic heterocycles. The maximum atomic E-state index is 13.6.